The monoisotopic (exact) mass is 326 g/mol. The Labute approximate surface area is 134 Å². The Morgan fingerprint density at radius 2 is 2.00 bits per heavy atom. The number of nitrogens with zero attached hydrogens (tertiary/aromatic N) is 1. The van der Waals surface area contributed by atoms with Crippen LogP contribution in [0.25, 0.3) is 0 Å². The van der Waals surface area contributed by atoms with Crippen LogP contribution in [0.3, 0.4) is 0 Å². The first-order valence-corrected chi connectivity index (χ1v) is 7.42. The quantitative estimate of drug-likeness (QED) is 0.901. The average molecular weight is 327 g/mol. The number of ether oxygens (including phenoxy) is 2. The van der Waals surface area contributed by atoms with E-state index in [1.807, 2.05) is 0 Å². The highest BCUT2D eigenvalue weighted by molar-refractivity contribution is 6.32. The molecule has 1 fully saturated rings. The van der Waals surface area contributed by atoms with Gasteiger partial charge in [0.05, 0.1) is 31.5 Å². The van der Waals surface area contributed by atoms with Crippen molar-refractivity contribution < 1.29 is 19.1 Å². The predicted molar refractivity (Wildman–Crippen MR) is 83.6 cm³/mol. The zero-order valence-corrected chi connectivity index (χ0v) is 13.4. The lowest BCUT2D eigenvalue weighted by atomic mass is 10.1. The molecule has 0 bridgehead atoms. The van der Waals surface area contributed by atoms with Crippen LogP contribution < -0.4 is 14.8 Å². The molecular formula is C15H19ClN2O4. The van der Waals surface area contributed by atoms with Crippen molar-refractivity contribution in [1.29, 1.82) is 0 Å². The number of rotatable bonds is 5. The Morgan fingerprint density at radius 3 is 2.64 bits per heavy atom. The number of carbonyl (C=O) groups excluding carboxylic acids is 2. The Hall–Kier alpha value is -1.95. The number of carbonyl (C=O) groups is 2. The minimum absolute atomic E-state index is 0.0158. The number of benzene rings is 1. The lowest BCUT2D eigenvalue weighted by molar-refractivity contribution is -0.136. The molecule has 1 aromatic carbocycles. The van der Waals surface area contributed by atoms with Gasteiger partial charge in [0.1, 0.15) is 11.5 Å². The van der Waals surface area contributed by atoms with Crippen molar-refractivity contribution in [2.24, 2.45) is 0 Å². The molecule has 6 nitrogen and oxygen atoms in total. The summed E-state index contributed by atoms with van der Waals surface area (Å²) in [6.07, 6.45) is 2.32. The third-order valence-electron chi connectivity index (χ3n) is 3.50. The van der Waals surface area contributed by atoms with E-state index in [0.29, 0.717) is 35.2 Å². The molecule has 0 aliphatic carbocycles. The number of amides is 2. The van der Waals surface area contributed by atoms with E-state index in [2.05, 4.69) is 5.32 Å². The molecule has 1 aliphatic rings. The van der Waals surface area contributed by atoms with Crippen LogP contribution in [0.1, 0.15) is 19.3 Å². The van der Waals surface area contributed by atoms with Crippen molar-refractivity contribution >= 4 is 29.1 Å². The number of hydrogen-bond acceptors (Lipinski definition) is 4. The van der Waals surface area contributed by atoms with E-state index in [1.54, 1.807) is 17.0 Å². The number of hydrogen-bond donors (Lipinski definition) is 1. The van der Waals surface area contributed by atoms with Gasteiger partial charge in [-0.25, -0.2) is 0 Å². The fourth-order valence-electron chi connectivity index (χ4n) is 2.35. The highest BCUT2D eigenvalue weighted by Gasteiger charge is 2.21. The van der Waals surface area contributed by atoms with Gasteiger partial charge in [0.15, 0.2) is 0 Å². The van der Waals surface area contributed by atoms with Crippen LogP contribution in [0.2, 0.25) is 5.02 Å². The summed E-state index contributed by atoms with van der Waals surface area (Å²) in [5.74, 6) is 0.607. The Bertz CT molecular complexity index is 577. The first kappa shape index (κ1) is 16.4. The molecule has 0 atom stereocenters. The molecule has 1 heterocycles. The van der Waals surface area contributed by atoms with Gasteiger partial charge in [0, 0.05) is 25.1 Å². The maximum absolute atomic E-state index is 12.1. The molecule has 1 aromatic rings. The molecular weight excluding hydrogens is 308 g/mol. The lowest BCUT2D eigenvalue weighted by Gasteiger charge is -2.26. The standard InChI is InChI=1S/C15H19ClN2O4/c1-21-12-8-11(13(22-2)7-10(12)16)17-14(19)9-18-6-4-3-5-15(18)20/h7-8H,3-6,9H2,1-2H3,(H,17,19). The SMILES string of the molecule is COc1cc(NC(=O)CN2CCCCC2=O)c(OC)cc1Cl. The third kappa shape index (κ3) is 3.82. The molecule has 2 rings (SSSR count). The molecule has 0 unspecified atom stereocenters. The first-order valence-electron chi connectivity index (χ1n) is 7.04. The van der Waals surface area contributed by atoms with Crippen molar-refractivity contribution in [3.05, 3.63) is 17.2 Å². The van der Waals surface area contributed by atoms with Gasteiger partial charge in [-0.15, -0.1) is 0 Å². The molecule has 1 saturated heterocycles. The second-order valence-corrected chi connectivity index (χ2v) is 5.41. The molecule has 0 spiro atoms. The summed E-state index contributed by atoms with van der Waals surface area (Å²) in [4.78, 5) is 25.4. The number of nitrogens with one attached hydrogen (secondary N) is 1. The van der Waals surface area contributed by atoms with Crippen LogP contribution >= 0.6 is 11.6 Å². The zero-order chi connectivity index (χ0) is 16.1. The average Bonchev–Trinajstić information content (AvgIpc) is 2.50. The van der Waals surface area contributed by atoms with Crippen molar-refractivity contribution in [3.63, 3.8) is 0 Å². The number of piperidine rings is 1. The summed E-state index contributed by atoms with van der Waals surface area (Å²) in [6.45, 7) is 0.653. The summed E-state index contributed by atoms with van der Waals surface area (Å²) in [5, 5.41) is 3.13. The number of anilines is 1. The first-order chi connectivity index (χ1) is 10.5. The zero-order valence-electron chi connectivity index (χ0n) is 12.6. The van der Waals surface area contributed by atoms with Gasteiger partial charge in [-0.05, 0) is 12.8 Å². The summed E-state index contributed by atoms with van der Waals surface area (Å²) >= 11 is 6.02. The minimum Gasteiger partial charge on any atom is -0.495 e. The number of methoxy groups -OCH3 is 2. The summed E-state index contributed by atoms with van der Waals surface area (Å²) in [6, 6.07) is 3.17. The van der Waals surface area contributed by atoms with Crippen LogP contribution in [-0.4, -0.2) is 44.0 Å². The molecule has 2 amide bonds. The summed E-state index contributed by atoms with van der Waals surface area (Å²) in [7, 11) is 2.98. The van der Waals surface area contributed by atoms with Gasteiger partial charge in [-0.1, -0.05) is 11.6 Å². The van der Waals surface area contributed by atoms with Crippen LogP contribution in [0.5, 0.6) is 11.5 Å². The largest absolute Gasteiger partial charge is 0.495 e. The Balaban J connectivity index is 2.08. The molecule has 0 radical (unpaired) electrons. The molecule has 1 aliphatic heterocycles. The van der Waals surface area contributed by atoms with E-state index < -0.39 is 0 Å². The van der Waals surface area contributed by atoms with Crippen molar-refractivity contribution in [1.82, 2.24) is 4.90 Å². The van der Waals surface area contributed by atoms with E-state index in [-0.39, 0.29) is 18.4 Å². The van der Waals surface area contributed by atoms with Gasteiger partial charge >= 0.3 is 0 Å². The van der Waals surface area contributed by atoms with Gasteiger partial charge in [0.2, 0.25) is 11.8 Å². The van der Waals surface area contributed by atoms with Crippen LogP contribution in [0, 0.1) is 0 Å². The smallest absolute Gasteiger partial charge is 0.244 e. The molecule has 22 heavy (non-hydrogen) atoms. The van der Waals surface area contributed by atoms with Crippen LogP contribution in [-0.2, 0) is 9.59 Å². The van der Waals surface area contributed by atoms with E-state index in [9.17, 15) is 9.59 Å². The maximum Gasteiger partial charge on any atom is 0.244 e. The van der Waals surface area contributed by atoms with E-state index in [4.69, 9.17) is 21.1 Å². The van der Waals surface area contributed by atoms with Crippen molar-refractivity contribution in [3.8, 4) is 11.5 Å². The molecule has 0 aromatic heterocycles. The highest BCUT2D eigenvalue weighted by atomic mass is 35.5. The summed E-state index contributed by atoms with van der Waals surface area (Å²) < 4.78 is 10.3. The third-order valence-corrected chi connectivity index (χ3v) is 3.80. The van der Waals surface area contributed by atoms with Gasteiger partial charge < -0.3 is 19.7 Å². The molecule has 1 N–H and O–H groups in total. The number of halogens is 1. The highest BCUT2D eigenvalue weighted by Crippen LogP contribution is 2.35. The van der Waals surface area contributed by atoms with E-state index in [1.165, 1.54) is 14.2 Å². The van der Waals surface area contributed by atoms with Crippen molar-refractivity contribution in [2.45, 2.75) is 19.3 Å². The lowest BCUT2D eigenvalue weighted by Crippen LogP contribution is -2.40. The second kappa shape index (κ2) is 7.35. The minimum atomic E-state index is -0.280. The van der Waals surface area contributed by atoms with Crippen molar-refractivity contribution in [2.75, 3.05) is 32.6 Å². The molecule has 120 valence electrons. The van der Waals surface area contributed by atoms with Crippen LogP contribution in [0.4, 0.5) is 5.69 Å². The van der Waals surface area contributed by atoms with Crippen LogP contribution in [0.15, 0.2) is 12.1 Å². The second-order valence-electron chi connectivity index (χ2n) is 5.01. The summed E-state index contributed by atoms with van der Waals surface area (Å²) in [5.41, 5.74) is 0.457. The topological polar surface area (TPSA) is 67.9 Å². The molecule has 7 heteroatoms. The Kier molecular flexibility index (Phi) is 5.49. The fourth-order valence-corrected chi connectivity index (χ4v) is 2.58. The van der Waals surface area contributed by atoms with E-state index in [0.717, 1.165) is 12.8 Å². The normalized spacial score (nSPS) is 14.7. The number of likely N-dealkylation sites (tertiary alicyclic amines) is 1. The van der Waals surface area contributed by atoms with E-state index >= 15 is 0 Å². The van der Waals surface area contributed by atoms with Gasteiger partial charge in [-0.3, -0.25) is 9.59 Å². The fraction of sp³-hybridized carbons (Fsp3) is 0.467. The van der Waals surface area contributed by atoms with Gasteiger partial charge in [-0.2, -0.15) is 0 Å². The molecule has 0 saturated carbocycles. The predicted octanol–water partition coefficient (Wildman–Crippen LogP) is 2.31. The Morgan fingerprint density at radius 1 is 1.27 bits per heavy atom. The maximum atomic E-state index is 12.1. The van der Waals surface area contributed by atoms with Gasteiger partial charge in [0.25, 0.3) is 0 Å².